The van der Waals surface area contributed by atoms with Crippen molar-refractivity contribution in [3.8, 4) is 0 Å². The lowest BCUT2D eigenvalue weighted by atomic mass is 10.2. The van der Waals surface area contributed by atoms with Crippen LogP contribution in [-0.2, 0) is 6.54 Å². The molecular formula is C16H29NSi. The fourth-order valence-electron chi connectivity index (χ4n) is 2.47. The molecule has 1 aromatic rings. The third-order valence-corrected chi connectivity index (χ3v) is 8.87. The Labute approximate surface area is 114 Å². The zero-order chi connectivity index (χ0) is 13.4. The van der Waals surface area contributed by atoms with Gasteiger partial charge in [0.15, 0.2) is 0 Å². The van der Waals surface area contributed by atoms with Crippen molar-refractivity contribution in [1.82, 2.24) is 5.32 Å². The molecule has 0 radical (unpaired) electrons. The van der Waals surface area contributed by atoms with E-state index in [1.54, 1.807) is 6.04 Å². The van der Waals surface area contributed by atoms with Crippen molar-refractivity contribution in [1.29, 1.82) is 0 Å². The minimum absolute atomic E-state index is 0.694. The fourth-order valence-corrected chi connectivity index (χ4v) is 5.11. The second-order valence-corrected chi connectivity index (χ2v) is 11.6. The lowest BCUT2D eigenvalue weighted by Gasteiger charge is -2.34. The maximum atomic E-state index is 3.08. The van der Waals surface area contributed by atoms with Gasteiger partial charge in [-0.05, 0) is 18.2 Å². The minimum Gasteiger partial charge on any atom is -0.316 e. The second-order valence-electron chi connectivity index (χ2n) is 6.15. The highest BCUT2D eigenvalue weighted by Gasteiger charge is 2.30. The molecule has 0 bridgehead atoms. The van der Waals surface area contributed by atoms with E-state index >= 15 is 0 Å². The molecule has 1 unspecified atom stereocenters. The maximum absolute atomic E-state index is 3.08. The zero-order valence-electron chi connectivity index (χ0n) is 12.5. The Morgan fingerprint density at radius 3 is 2.28 bits per heavy atom. The second kappa shape index (κ2) is 7.75. The number of benzene rings is 1. The average Bonchev–Trinajstić information content (AvgIpc) is 2.36. The Bertz CT molecular complexity index is 321. The summed E-state index contributed by atoms with van der Waals surface area (Å²) in [6.45, 7) is 8.49. The van der Waals surface area contributed by atoms with Crippen LogP contribution in [0.1, 0.15) is 31.7 Å². The van der Waals surface area contributed by atoms with Crippen LogP contribution >= 0.6 is 0 Å². The Morgan fingerprint density at radius 2 is 1.83 bits per heavy atom. The smallest absolute Gasteiger partial charge is 0.0502 e. The van der Waals surface area contributed by atoms with Crippen LogP contribution in [0.25, 0.3) is 0 Å². The lowest BCUT2D eigenvalue weighted by molar-refractivity contribution is 0.635. The van der Waals surface area contributed by atoms with Crippen molar-refractivity contribution in [2.75, 3.05) is 7.05 Å². The SMILES string of the molecule is CC1CCCC[Si]1(C)C.CNCc1ccccc1. The molecule has 1 heterocycles. The molecule has 0 saturated carbocycles. The van der Waals surface area contributed by atoms with Crippen LogP contribution in [0.5, 0.6) is 0 Å². The van der Waals surface area contributed by atoms with Gasteiger partial charge in [-0.1, -0.05) is 75.7 Å². The monoisotopic (exact) mass is 263 g/mol. The lowest BCUT2D eigenvalue weighted by Crippen LogP contribution is -2.33. The highest BCUT2D eigenvalue weighted by Crippen LogP contribution is 2.36. The molecule has 1 aliphatic heterocycles. The molecule has 2 rings (SSSR count). The van der Waals surface area contributed by atoms with Gasteiger partial charge in [-0.3, -0.25) is 0 Å². The first-order valence-corrected chi connectivity index (χ1v) is 10.5. The van der Waals surface area contributed by atoms with E-state index in [0.29, 0.717) is 0 Å². The summed E-state index contributed by atoms with van der Waals surface area (Å²) in [6, 6.07) is 11.9. The van der Waals surface area contributed by atoms with E-state index in [0.717, 1.165) is 12.1 Å². The first-order valence-electron chi connectivity index (χ1n) is 7.25. The average molecular weight is 264 g/mol. The Balaban J connectivity index is 0.000000180. The number of hydrogen-bond acceptors (Lipinski definition) is 1. The summed E-state index contributed by atoms with van der Waals surface area (Å²) in [5, 5.41) is 3.08. The van der Waals surface area contributed by atoms with Crippen LogP contribution in [-0.4, -0.2) is 15.1 Å². The topological polar surface area (TPSA) is 12.0 Å². The van der Waals surface area contributed by atoms with Crippen LogP contribution in [0, 0.1) is 0 Å². The Morgan fingerprint density at radius 1 is 1.17 bits per heavy atom. The van der Waals surface area contributed by atoms with E-state index in [1.807, 2.05) is 25.2 Å². The van der Waals surface area contributed by atoms with Crippen molar-refractivity contribution in [2.45, 2.75) is 57.4 Å². The molecule has 18 heavy (non-hydrogen) atoms. The van der Waals surface area contributed by atoms with Gasteiger partial charge in [0.1, 0.15) is 0 Å². The fraction of sp³-hybridized carbons (Fsp3) is 0.625. The van der Waals surface area contributed by atoms with E-state index < -0.39 is 8.07 Å². The standard InChI is InChI=1S/C8H11N.C8H18Si/c1-9-7-8-5-3-2-4-6-8;1-8-6-4-5-7-9(8,2)3/h2-6,9H,7H2,1H3;8H,4-7H2,1-3H3. The van der Waals surface area contributed by atoms with Crippen molar-refractivity contribution >= 4 is 8.07 Å². The van der Waals surface area contributed by atoms with Crippen LogP contribution in [0.3, 0.4) is 0 Å². The van der Waals surface area contributed by atoms with E-state index in [1.165, 1.54) is 24.8 Å². The molecule has 0 aliphatic carbocycles. The summed E-state index contributed by atoms with van der Waals surface area (Å²) in [7, 11) is 1.26. The summed E-state index contributed by atoms with van der Waals surface area (Å²) in [6.07, 6.45) is 4.53. The summed E-state index contributed by atoms with van der Waals surface area (Å²) in [4.78, 5) is 0. The molecule has 0 aromatic heterocycles. The van der Waals surface area contributed by atoms with Gasteiger partial charge >= 0.3 is 0 Å². The van der Waals surface area contributed by atoms with Gasteiger partial charge in [-0.15, -0.1) is 0 Å². The molecule has 1 aromatic carbocycles. The first-order chi connectivity index (χ1) is 8.56. The molecule has 1 nitrogen and oxygen atoms in total. The van der Waals surface area contributed by atoms with Gasteiger partial charge in [0.25, 0.3) is 0 Å². The molecule has 2 heteroatoms. The van der Waals surface area contributed by atoms with Gasteiger partial charge in [0.2, 0.25) is 0 Å². The number of hydrogen-bond donors (Lipinski definition) is 1. The maximum Gasteiger partial charge on any atom is 0.0502 e. The number of nitrogens with one attached hydrogen (secondary N) is 1. The first kappa shape index (κ1) is 15.5. The molecule has 102 valence electrons. The minimum atomic E-state index is -0.694. The van der Waals surface area contributed by atoms with E-state index in [9.17, 15) is 0 Å². The van der Waals surface area contributed by atoms with Crippen LogP contribution in [0.15, 0.2) is 30.3 Å². The van der Waals surface area contributed by atoms with Gasteiger partial charge in [0.05, 0.1) is 8.07 Å². The zero-order valence-corrected chi connectivity index (χ0v) is 13.5. The van der Waals surface area contributed by atoms with E-state index in [-0.39, 0.29) is 0 Å². The molecule has 0 amide bonds. The summed E-state index contributed by atoms with van der Waals surface area (Å²) >= 11 is 0. The van der Waals surface area contributed by atoms with Gasteiger partial charge in [-0.25, -0.2) is 0 Å². The van der Waals surface area contributed by atoms with Crippen molar-refractivity contribution < 1.29 is 0 Å². The van der Waals surface area contributed by atoms with Crippen molar-refractivity contribution in [2.24, 2.45) is 0 Å². The predicted molar refractivity (Wildman–Crippen MR) is 84.8 cm³/mol. The molecular weight excluding hydrogens is 234 g/mol. The highest BCUT2D eigenvalue weighted by atomic mass is 28.3. The van der Waals surface area contributed by atoms with Crippen LogP contribution in [0.4, 0.5) is 0 Å². The molecule has 0 spiro atoms. The van der Waals surface area contributed by atoms with E-state index in [4.69, 9.17) is 0 Å². The summed E-state index contributed by atoms with van der Waals surface area (Å²) in [5.74, 6) is 0. The quantitative estimate of drug-likeness (QED) is 0.764. The summed E-state index contributed by atoms with van der Waals surface area (Å²) < 4.78 is 0. The van der Waals surface area contributed by atoms with Crippen LogP contribution in [0.2, 0.25) is 24.7 Å². The predicted octanol–water partition coefficient (Wildman–Crippen LogP) is 4.67. The van der Waals surface area contributed by atoms with Gasteiger partial charge in [0, 0.05) is 6.54 Å². The summed E-state index contributed by atoms with van der Waals surface area (Å²) in [5.41, 5.74) is 2.42. The Hall–Kier alpha value is -0.603. The molecule has 1 saturated heterocycles. The van der Waals surface area contributed by atoms with Gasteiger partial charge in [-0.2, -0.15) is 0 Å². The molecule has 1 fully saturated rings. The van der Waals surface area contributed by atoms with Crippen molar-refractivity contribution in [3.63, 3.8) is 0 Å². The van der Waals surface area contributed by atoms with E-state index in [2.05, 4.69) is 37.5 Å². The largest absolute Gasteiger partial charge is 0.316 e. The molecule has 1 atom stereocenters. The molecule has 1 N–H and O–H groups in total. The third kappa shape index (κ3) is 5.36. The third-order valence-electron chi connectivity index (χ3n) is 4.27. The van der Waals surface area contributed by atoms with Crippen LogP contribution < -0.4 is 5.32 Å². The highest BCUT2D eigenvalue weighted by molar-refractivity contribution is 6.78. The van der Waals surface area contributed by atoms with Gasteiger partial charge < -0.3 is 5.32 Å². The normalized spacial score (nSPS) is 21.9. The number of rotatable bonds is 2. The molecule has 1 aliphatic rings. The van der Waals surface area contributed by atoms with Crippen molar-refractivity contribution in [3.05, 3.63) is 35.9 Å². The Kier molecular flexibility index (Phi) is 6.65.